The van der Waals surface area contributed by atoms with Crippen molar-refractivity contribution >= 4 is 23.2 Å². The van der Waals surface area contributed by atoms with E-state index in [1.54, 1.807) is 48.5 Å². The molecule has 2 saturated heterocycles. The molecule has 0 amide bonds. The van der Waals surface area contributed by atoms with Crippen LogP contribution in [0.15, 0.2) is 48.5 Å². The van der Waals surface area contributed by atoms with E-state index in [9.17, 15) is 10.2 Å². The largest absolute Gasteiger partial charge is 0.388 e. The maximum Gasteiger partial charge on any atom is 0.184 e. The molecule has 2 aromatic rings. The Bertz CT molecular complexity index is 784. The molecule has 0 aromatic heterocycles. The van der Waals surface area contributed by atoms with Gasteiger partial charge in [-0.05, 0) is 24.3 Å². The van der Waals surface area contributed by atoms with Gasteiger partial charge < -0.3 is 29.2 Å². The lowest BCUT2D eigenvalue weighted by atomic mass is 10.0. The van der Waals surface area contributed by atoms with E-state index in [1.807, 2.05) is 0 Å². The van der Waals surface area contributed by atoms with Crippen LogP contribution in [0.4, 0.5) is 0 Å². The number of hydrogen-bond donors (Lipinski definition) is 2. The molecule has 2 unspecified atom stereocenters. The van der Waals surface area contributed by atoms with Gasteiger partial charge in [-0.15, -0.1) is 0 Å². The number of ether oxygens (including phenoxy) is 4. The second-order valence-corrected chi connectivity index (χ2v) is 7.64. The van der Waals surface area contributed by atoms with E-state index in [0.29, 0.717) is 10.0 Å². The molecule has 6 nitrogen and oxygen atoms in total. The third-order valence-electron chi connectivity index (χ3n) is 4.79. The Hall–Kier alpha value is -1.22. The van der Waals surface area contributed by atoms with Gasteiger partial charge in [0.15, 0.2) is 12.6 Å². The summed E-state index contributed by atoms with van der Waals surface area (Å²) in [5, 5.41) is 22.1. The smallest absolute Gasteiger partial charge is 0.184 e. The van der Waals surface area contributed by atoms with Crippen molar-refractivity contribution in [2.45, 2.75) is 37.0 Å². The summed E-state index contributed by atoms with van der Waals surface area (Å²) >= 11 is 11.9. The van der Waals surface area contributed by atoms with Crippen LogP contribution in [0.3, 0.4) is 0 Å². The van der Waals surface area contributed by atoms with Crippen LogP contribution >= 0.6 is 23.2 Å². The molecular weight excluding hydrogens is 407 g/mol. The molecule has 2 aliphatic rings. The minimum absolute atomic E-state index is 0.117. The molecule has 0 radical (unpaired) electrons. The first-order chi connectivity index (χ1) is 13.5. The molecule has 8 heteroatoms. The van der Waals surface area contributed by atoms with Gasteiger partial charge in [0, 0.05) is 21.2 Å². The topological polar surface area (TPSA) is 77.4 Å². The number of benzene rings is 2. The minimum Gasteiger partial charge on any atom is -0.388 e. The molecule has 0 bridgehead atoms. The summed E-state index contributed by atoms with van der Waals surface area (Å²) in [6, 6.07) is 14.1. The zero-order chi connectivity index (χ0) is 19.7. The van der Waals surface area contributed by atoms with Gasteiger partial charge in [-0.2, -0.15) is 0 Å². The van der Waals surface area contributed by atoms with Crippen LogP contribution in [0.25, 0.3) is 0 Å². The van der Waals surface area contributed by atoms with E-state index < -0.39 is 37.0 Å². The Morgan fingerprint density at radius 1 is 0.714 bits per heavy atom. The van der Waals surface area contributed by atoms with Crippen LogP contribution in [-0.2, 0) is 18.9 Å². The van der Waals surface area contributed by atoms with Crippen LogP contribution in [0.2, 0.25) is 10.0 Å². The number of fused-ring (bicyclic) bond motifs is 1. The fourth-order valence-corrected chi connectivity index (χ4v) is 3.51. The highest BCUT2D eigenvalue weighted by molar-refractivity contribution is 6.30. The average molecular weight is 427 g/mol. The standard InChI is InChI=1S/C20H20Cl2O6/c21-13-5-1-11(2-6-13)19-25-9-15(23)17(24)18-16(10-26-19)27-20(28-18)12-3-7-14(22)8-4-12/h1-8,15-20,23-24H,9-10H2/t15-,16+,17-,18-,19?,20?/m1/s1. The van der Waals surface area contributed by atoms with E-state index in [0.717, 1.165) is 11.1 Å². The zero-order valence-corrected chi connectivity index (χ0v) is 16.3. The third-order valence-corrected chi connectivity index (χ3v) is 5.29. The minimum atomic E-state index is -1.19. The monoisotopic (exact) mass is 426 g/mol. The summed E-state index contributed by atoms with van der Waals surface area (Å²) in [5.74, 6) is 0. The molecule has 2 heterocycles. The maximum absolute atomic E-state index is 10.6. The van der Waals surface area contributed by atoms with Crippen molar-refractivity contribution in [3.8, 4) is 0 Å². The summed E-state index contributed by atoms with van der Waals surface area (Å²) in [6.45, 7) is -0.00151. The normalized spacial score (nSPS) is 33.6. The number of hydrogen-bond acceptors (Lipinski definition) is 6. The first kappa shape index (κ1) is 20.1. The highest BCUT2D eigenvalue weighted by Crippen LogP contribution is 2.36. The zero-order valence-electron chi connectivity index (χ0n) is 14.8. The molecule has 4 rings (SSSR count). The molecule has 2 N–H and O–H groups in total. The second kappa shape index (κ2) is 8.65. The van der Waals surface area contributed by atoms with Crippen LogP contribution < -0.4 is 0 Å². The number of rotatable bonds is 2. The lowest BCUT2D eigenvalue weighted by Crippen LogP contribution is -2.45. The molecule has 0 spiro atoms. The fraction of sp³-hybridized carbons (Fsp3) is 0.400. The van der Waals surface area contributed by atoms with E-state index in [-0.39, 0.29) is 13.2 Å². The maximum atomic E-state index is 10.6. The average Bonchev–Trinajstić information content (AvgIpc) is 3.13. The molecule has 150 valence electrons. The van der Waals surface area contributed by atoms with Gasteiger partial charge >= 0.3 is 0 Å². The van der Waals surface area contributed by atoms with Crippen molar-refractivity contribution in [2.75, 3.05) is 13.2 Å². The third kappa shape index (κ3) is 4.35. The van der Waals surface area contributed by atoms with Crippen molar-refractivity contribution in [1.29, 1.82) is 0 Å². The number of aliphatic hydroxyl groups is 2. The number of aliphatic hydroxyl groups excluding tert-OH is 2. The van der Waals surface area contributed by atoms with Gasteiger partial charge in [0.1, 0.15) is 24.4 Å². The Morgan fingerprint density at radius 3 is 1.86 bits per heavy atom. The molecule has 0 saturated carbocycles. The fourth-order valence-electron chi connectivity index (χ4n) is 3.26. The lowest BCUT2D eigenvalue weighted by molar-refractivity contribution is -0.182. The van der Waals surface area contributed by atoms with Gasteiger partial charge in [0.25, 0.3) is 0 Å². The van der Waals surface area contributed by atoms with Crippen molar-refractivity contribution in [1.82, 2.24) is 0 Å². The predicted molar refractivity (Wildman–Crippen MR) is 102 cm³/mol. The highest BCUT2D eigenvalue weighted by atomic mass is 35.5. The molecule has 2 aromatic carbocycles. The molecule has 2 fully saturated rings. The van der Waals surface area contributed by atoms with E-state index in [4.69, 9.17) is 42.1 Å². The van der Waals surface area contributed by atoms with Gasteiger partial charge in [-0.25, -0.2) is 0 Å². The molecular formula is C20H20Cl2O6. The highest BCUT2D eigenvalue weighted by Gasteiger charge is 2.45. The van der Waals surface area contributed by atoms with Gasteiger partial charge in [0.2, 0.25) is 0 Å². The summed E-state index contributed by atoms with van der Waals surface area (Å²) in [5.41, 5.74) is 1.51. The molecule has 6 atom stereocenters. The number of halogens is 2. The Kier molecular flexibility index (Phi) is 6.20. The van der Waals surface area contributed by atoms with Crippen molar-refractivity contribution in [3.05, 3.63) is 69.7 Å². The van der Waals surface area contributed by atoms with Crippen molar-refractivity contribution in [2.24, 2.45) is 0 Å². The summed E-state index contributed by atoms with van der Waals surface area (Å²) < 4.78 is 23.4. The van der Waals surface area contributed by atoms with Crippen LogP contribution in [0.1, 0.15) is 23.7 Å². The molecule has 0 aliphatic carbocycles. The summed E-state index contributed by atoms with van der Waals surface area (Å²) in [6.07, 6.45) is -5.10. The first-order valence-corrected chi connectivity index (χ1v) is 9.68. The van der Waals surface area contributed by atoms with Crippen LogP contribution in [0.5, 0.6) is 0 Å². The SMILES string of the molecule is O[C@H]1[C@@H]2OC(c3ccc(Cl)cc3)O[C@H]2COC(c2ccc(Cl)cc2)OC[C@H]1O. The van der Waals surface area contributed by atoms with E-state index >= 15 is 0 Å². The Morgan fingerprint density at radius 2 is 1.25 bits per heavy atom. The summed E-state index contributed by atoms with van der Waals surface area (Å²) in [4.78, 5) is 0. The van der Waals surface area contributed by atoms with Crippen molar-refractivity contribution in [3.63, 3.8) is 0 Å². The first-order valence-electron chi connectivity index (χ1n) is 8.92. The Labute approximate surface area is 172 Å². The molecule has 28 heavy (non-hydrogen) atoms. The summed E-state index contributed by atoms with van der Waals surface area (Å²) in [7, 11) is 0. The van der Waals surface area contributed by atoms with E-state index in [1.165, 1.54) is 0 Å². The molecule has 2 aliphatic heterocycles. The van der Waals surface area contributed by atoms with Gasteiger partial charge in [0.05, 0.1) is 13.2 Å². The van der Waals surface area contributed by atoms with E-state index in [2.05, 4.69) is 0 Å². The lowest BCUT2D eigenvalue weighted by Gasteiger charge is -2.23. The van der Waals surface area contributed by atoms with Crippen LogP contribution in [-0.4, -0.2) is 47.8 Å². The quantitative estimate of drug-likeness (QED) is 0.767. The van der Waals surface area contributed by atoms with Crippen LogP contribution in [0, 0.1) is 0 Å². The predicted octanol–water partition coefficient (Wildman–Crippen LogP) is 3.24. The second-order valence-electron chi connectivity index (χ2n) is 6.77. The Balaban J connectivity index is 1.53. The van der Waals surface area contributed by atoms with Crippen molar-refractivity contribution < 1.29 is 29.2 Å². The van der Waals surface area contributed by atoms with Gasteiger partial charge in [-0.3, -0.25) is 0 Å². The van der Waals surface area contributed by atoms with Gasteiger partial charge in [-0.1, -0.05) is 47.5 Å².